The monoisotopic (exact) mass is 260 g/mol. The molecule has 0 unspecified atom stereocenters. The maximum Gasteiger partial charge on any atom is 0.137 e. The van der Waals surface area contributed by atoms with E-state index in [9.17, 15) is 0 Å². The van der Waals surface area contributed by atoms with Gasteiger partial charge in [0.1, 0.15) is 29.5 Å². The Hall–Kier alpha value is -2.04. The van der Waals surface area contributed by atoms with Crippen molar-refractivity contribution in [1.82, 2.24) is 9.97 Å². The highest BCUT2D eigenvalue weighted by Gasteiger charge is 2.12. The van der Waals surface area contributed by atoms with Crippen LogP contribution in [0.5, 0.6) is 0 Å². The van der Waals surface area contributed by atoms with Gasteiger partial charge in [0.25, 0.3) is 0 Å². The average Bonchev–Trinajstić information content (AvgIpc) is 2.77. The predicted octanol–water partition coefficient (Wildman–Crippen LogP) is 2.75. The summed E-state index contributed by atoms with van der Waals surface area (Å²) in [5.74, 6) is 3.66. The van der Waals surface area contributed by atoms with Crippen molar-refractivity contribution in [1.29, 1.82) is 0 Å². The lowest BCUT2D eigenvalue weighted by atomic mass is 10.3. The van der Waals surface area contributed by atoms with Gasteiger partial charge < -0.3 is 14.6 Å². The van der Waals surface area contributed by atoms with Gasteiger partial charge in [-0.2, -0.15) is 0 Å². The summed E-state index contributed by atoms with van der Waals surface area (Å²) >= 11 is 0. The zero-order valence-corrected chi connectivity index (χ0v) is 11.9. The molecule has 0 atom stereocenters. The van der Waals surface area contributed by atoms with Crippen LogP contribution in [0.3, 0.4) is 0 Å². The van der Waals surface area contributed by atoms with Crippen LogP contribution in [0.15, 0.2) is 22.9 Å². The molecule has 102 valence electrons. The second kappa shape index (κ2) is 5.73. The largest absolute Gasteiger partial charge is 0.464 e. The Labute approximate surface area is 113 Å². The van der Waals surface area contributed by atoms with Gasteiger partial charge >= 0.3 is 0 Å². The Morgan fingerprint density at radius 1 is 1.26 bits per heavy atom. The Kier molecular flexibility index (Phi) is 4.04. The molecule has 2 heterocycles. The van der Waals surface area contributed by atoms with Gasteiger partial charge in [0.05, 0.1) is 6.54 Å². The summed E-state index contributed by atoms with van der Waals surface area (Å²) in [6.45, 7) is 7.56. The number of anilines is 2. The van der Waals surface area contributed by atoms with E-state index in [2.05, 4.69) is 27.1 Å². The van der Waals surface area contributed by atoms with E-state index >= 15 is 0 Å². The molecule has 0 radical (unpaired) electrons. The fourth-order valence-electron chi connectivity index (χ4n) is 2.05. The molecular formula is C14H20N4O. The van der Waals surface area contributed by atoms with E-state index in [1.54, 1.807) is 6.33 Å². The van der Waals surface area contributed by atoms with E-state index in [0.717, 1.165) is 35.3 Å². The van der Waals surface area contributed by atoms with E-state index in [1.165, 1.54) is 0 Å². The van der Waals surface area contributed by atoms with E-state index in [1.807, 2.05) is 33.0 Å². The van der Waals surface area contributed by atoms with Crippen LogP contribution in [0.25, 0.3) is 0 Å². The van der Waals surface area contributed by atoms with Crippen LogP contribution in [0.4, 0.5) is 11.6 Å². The van der Waals surface area contributed by atoms with Crippen LogP contribution in [0, 0.1) is 13.8 Å². The van der Waals surface area contributed by atoms with Gasteiger partial charge in [-0.25, -0.2) is 9.97 Å². The first-order valence-corrected chi connectivity index (χ1v) is 6.43. The van der Waals surface area contributed by atoms with Gasteiger partial charge in [-0.15, -0.1) is 0 Å². The van der Waals surface area contributed by atoms with Crippen molar-refractivity contribution in [3.8, 4) is 0 Å². The SMILES string of the molecule is CCNc1ncnc(N(C)Cc2ccc(C)o2)c1C. The average molecular weight is 260 g/mol. The Morgan fingerprint density at radius 3 is 2.68 bits per heavy atom. The number of hydrogen-bond donors (Lipinski definition) is 1. The Balaban J connectivity index is 2.18. The molecular weight excluding hydrogens is 240 g/mol. The van der Waals surface area contributed by atoms with Gasteiger partial charge in [-0.3, -0.25) is 0 Å². The molecule has 19 heavy (non-hydrogen) atoms. The van der Waals surface area contributed by atoms with Crippen molar-refractivity contribution in [3.63, 3.8) is 0 Å². The van der Waals surface area contributed by atoms with E-state index in [0.29, 0.717) is 6.54 Å². The number of furan rings is 1. The van der Waals surface area contributed by atoms with Gasteiger partial charge in [0.15, 0.2) is 0 Å². The summed E-state index contributed by atoms with van der Waals surface area (Å²) in [6, 6.07) is 3.97. The highest BCUT2D eigenvalue weighted by atomic mass is 16.3. The standard InChI is InChI=1S/C14H20N4O/c1-5-15-13-11(3)14(17-9-16-13)18(4)8-12-7-6-10(2)19-12/h6-7,9H,5,8H2,1-4H3,(H,15,16,17). The number of hydrogen-bond acceptors (Lipinski definition) is 5. The van der Waals surface area contributed by atoms with Crippen molar-refractivity contribution in [2.24, 2.45) is 0 Å². The fourth-order valence-corrected chi connectivity index (χ4v) is 2.05. The van der Waals surface area contributed by atoms with Gasteiger partial charge in [0, 0.05) is 19.2 Å². The van der Waals surface area contributed by atoms with Crippen LogP contribution < -0.4 is 10.2 Å². The van der Waals surface area contributed by atoms with Crippen molar-refractivity contribution in [2.45, 2.75) is 27.3 Å². The van der Waals surface area contributed by atoms with Crippen molar-refractivity contribution in [3.05, 3.63) is 35.5 Å². The zero-order chi connectivity index (χ0) is 13.8. The predicted molar refractivity (Wildman–Crippen MR) is 76.5 cm³/mol. The molecule has 0 aromatic carbocycles. The number of rotatable bonds is 5. The van der Waals surface area contributed by atoms with Crippen LogP contribution in [0.2, 0.25) is 0 Å². The number of aromatic nitrogens is 2. The molecule has 2 aromatic heterocycles. The zero-order valence-electron chi connectivity index (χ0n) is 11.9. The number of aryl methyl sites for hydroxylation is 1. The molecule has 0 amide bonds. The fraction of sp³-hybridized carbons (Fsp3) is 0.429. The third kappa shape index (κ3) is 3.05. The molecule has 0 aliphatic rings. The smallest absolute Gasteiger partial charge is 0.137 e. The van der Waals surface area contributed by atoms with Crippen LogP contribution in [-0.4, -0.2) is 23.6 Å². The molecule has 1 N–H and O–H groups in total. The van der Waals surface area contributed by atoms with Crippen LogP contribution >= 0.6 is 0 Å². The quantitative estimate of drug-likeness (QED) is 0.895. The summed E-state index contributed by atoms with van der Waals surface area (Å²) in [4.78, 5) is 10.7. The van der Waals surface area contributed by atoms with Crippen molar-refractivity contribution < 1.29 is 4.42 Å². The molecule has 0 fully saturated rings. The van der Waals surface area contributed by atoms with Gasteiger partial charge in [-0.1, -0.05) is 0 Å². The lowest BCUT2D eigenvalue weighted by molar-refractivity contribution is 0.481. The van der Waals surface area contributed by atoms with E-state index in [4.69, 9.17) is 4.42 Å². The summed E-state index contributed by atoms with van der Waals surface area (Å²) in [5.41, 5.74) is 1.05. The van der Waals surface area contributed by atoms with E-state index < -0.39 is 0 Å². The first kappa shape index (κ1) is 13.4. The molecule has 0 saturated heterocycles. The Morgan fingerprint density at radius 2 is 2.05 bits per heavy atom. The molecule has 2 rings (SSSR count). The van der Waals surface area contributed by atoms with Crippen molar-refractivity contribution >= 4 is 11.6 Å². The molecule has 2 aromatic rings. The maximum atomic E-state index is 5.59. The lowest BCUT2D eigenvalue weighted by Gasteiger charge is -2.20. The van der Waals surface area contributed by atoms with Crippen molar-refractivity contribution in [2.75, 3.05) is 23.8 Å². The van der Waals surface area contributed by atoms with Gasteiger partial charge in [-0.05, 0) is 32.9 Å². The minimum atomic E-state index is 0.692. The second-order valence-corrected chi connectivity index (χ2v) is 4.57. The number of nitrogens with one attached hydrogen (secondary N) is 1. The molecule has 0 bridgehead atoms. The lowest BCUT2D eigenvalue weighted by Crippen LogP contribution is -2.19. The molecule has 0 aliphatic carbocycles. The maximum absolute atomic E-state index is 5.59. The Bertz CT molecular complexity index is 550. The molecule has 5 heteroatoms. The van der Waals surface area contributed by atoms with E-state index in [-0.39, 0.29) is 0 Å². The first-order chi connectivity index (χ1) is 9.11. The molecule has 0 spiro atoms. The van der Waals surface area contributed by atoms with Crippen LogP contribution in [0.1, 0.15) is 24.0 Å². The molecule has 5 nitrogen and oxygen atoms in total. The van der Waals surface area contributed by atoms with Gasteiger partial charge in [0.2, 0.25) is 0 Å². The summed E-state index contributed by atoms with van der Waals surface area (Å²) in [6.07, 6.45) is 1.59. The highest BCUT2D eigenvalue weighted by molar-refractivity contribution is 5.57. The minimum absolute atomic E-state index is 0.692. The third-order valence-electron chi connectivity index (χ3n) is 2.95. The first-order valence-electron chi connectivity index (χ1n) is 6.43. The summed E-state index contributed by atoms with van der Waals surface area (Å²) < 4.78 is 5.59. The summed E-state index contributed by atoms with van der Waals surface area (Å²) in [5, 5.41) is 3.24. The number of nitrogens with zero attached hydrogens (tertiary/aromatic N) is 3. The van der Waals surface area contributed by atoms with Crippen LogP contribution in [-0.2, 0) is 6.54 Å². The second-order valence-electron chi connectivity index (χ2n) is 4.57. The third-order valence-corrected chi connectivity index (χ3v) is 2.95. The topological polar surface area (TPSA) is 54.2 Å². The minimum Gasteiger partial charge on any atom is -0.464 e. The highest BCUT2D eigenvalue weighted by Crippen LogP contribution is 2.22. The summed E-state index contributed by atoms with van der Waals surface area (Å²) in [7, 11) is 2.00. The normalized spacial score (nSPS) is 10.5. The molecule has 0 saturated carbocycles. The molecule has 0 aliphatic heterocycles.